The molecule has 0 spiro atoms. The van der Waals surface area contributed by atoms with E-state index in [1.807, 2.05) is 0 Å². The summed E-state index contributed by atoms with van der Waals surface area (Å²) in [7, 11) is 0. The van der Waals surface area contributed by atoms with E-state index >= 15 is 0 Å². The zero-order chi connectivity index (χ0) is 13.4. The van der Waals surface area contributed by atoms with Crippen LogP contribution in [0.1, 0.15) is 31.2 Å². The van der Waals surface area contributed by atoms with Crippen molar-refractivity contribution < 1.29 is 19.7 Å². The van der Waals surface area contributed by atoms with Crippen molar-refractivity contribution >= 4 is 28.7 Å². The van der Waals surface area contributed by atoms with Crippen LogP contribution in [0.4, 0.5) is 4.79 Å². The Labute approximate surface area is 120 Å². The minimum absolute atomic E-state index is 0.00672. The number of benzene rings is 1. The molecule has 0 aliphatic heterocycles. The number of aromatic hydroxyl groups is 1. The van der Waals surface area contributed by atoms with E-state index in [1.54, 1.807) is 12.1 Å². The summed E-state index contributed by atoms with van der Waals surface area (Å²) in [5.74, 6) is -0.0546. The molecular formula is C13H17IO4. The van der Waals surface area contributed by atoms with Crippen molar-refractivity contribution in [2.45, 2.75) is 32.1 Å². The van der Waals surface area contributed by atoms with E-state index in [1.165, 1.54) is 23.3 Å². The van der Waals surface area contributed by atoms with E-state index in [2.05, 4.69) is 27.3 Å². The number of halogens is 1. The third-order valence-corrected chi connectivity index (χ3v) is 3.37. The Balaban J connectivity index is 2.52. The minimum Gasteiger partial charge on any atom is -0.504 e. The van der Waals surface area contributed by atoms with Gasteiger partial charge in [-0.15, -0.1) is 0 Å². The van der Waals surface area contributed by atoms with Gasteiger partial charge in [0.05, 0.1) is 0 Å². The second-order valence-corrected chi connectivity index (χ2v) is 5.06. The highest BCUT2D eigenvalue weighted by atomic mass is 127. The molecule has 100 valence electrons. The molecule has 0 bridgehead atoms. The molecule has 1 aromatic carbocycles. The van der Waals surface area contributed by atoms with Crippen LogP contribution in [0.25, 0.3) is 0 Å². The van der Waals surface area contributed by atoms with Crippen molar-refractivity contribution in [3.05, 3.63) is 23.8 Å². The van der Waals surface area contributed by atoms with Crippen LogP contribution in [0.3, 0.4) is 0 Å². The Morgan fingerprint density at radius 2 is 1.94 bits per heavy atom. The zero-order valence-corrected chi connectivity index (χ0v) is 12.2. The van der Waals surface area contributed by atoms with E-state index in [0.29, 0.717) is 0 Å². The molecule has 4 nitrogen and oxygen atoms in total. The van der Waals surface area contributed by atoms with Crippen LogP contribution >= 0.6 is 22.6 Å². The number of hydrogen-bond acceptors (Lipinski definition) is 3. The molecule has 0 fully saturated rings. The number of alkyl halides is 1. The summed E-state index contributed by atoms with van der Waals surface area (Å²) >= 11 is 2.36. The fraction of sp³-hybridized carbons (Fsp3) is 0.462. The summed E-state index contributed by atoms with van der Waals surface area (Å²) in [6.07, 6.45) is 3.84. The number of unbranched alkanes of at least 4 members (excludes halogenated alkanes) is 3. The van der Waals surface area contributed by atoms with Crippen LogP contribution in [0.2, 0.25) is 0 Å². The van der Waals surface area contributed by atoms with Crippen LogP contribution in [-0.2, 0) is 6.42 Å². The molecule has 0 aromatic heterocycles. The number of ether oxygens (including phenoxy) is 1. The first-order valence-corrected chi connectivity index (χ1v) is 7.45. The highest BCUT2D eigenvalue weighted by Gasteiger charge is 2.10. The van der Waals surface area contributed by atoms with Gasteiger partial charge in [-0.3, -0.25) is 0 Å². The molecule has 0 atom stereocenters. The number of carboxylic acid groups (broad SMARTS) is 1. The highest BCUT2D eigenvalue weighted by Crippen LogP contribution is 2.31. The number of phenols is 1. The van der Waals surface area contributed by atoms with Crippen molar-refractivity contribution in [3.63, 3.8) is 0 Å². The van der Waals surface area contributed by atoms with Crippen molar-refractivity contribution in [2.24, 2.45) is 0 Å². The Morgan fingerprint density at radius 1 is 1.22 bits per heavy atom. The van der Waals surface area contributed by atoms with Crippen LogP contribution in [0, 0.1) is 0 Å². The smallest absolute Gasteiger partial charge is 0.504 e. The molecule has 0 saturated carbocycles. The average molecular weight is 364 g/mol. The number of para-hydroxylation sites is 1. The number of phenolic OH excluding ortho intramolecular Hbond substituents is 1. The maximum absolute atomic E-state index is 10.4. The Hall–Kier alpha value is -0.980. The topological polar surface area (TPSA) is 66.8 Å². The Bertz CT molecular complexity index is 393. The number of hydrogen-bond donors (Lipinski definition) is 2. The van der Waals surface area contributed by atoms with Gasteiger partial charge in [-0.05, 0) is 35.3 Å². The fourth-order valence-electron chi connectivity index (χ4n) is 1.71. The van der Waals surface area contributed by atoms with Crippen molar-refractivity contribution in [2.75, 3.05) is 4.43 Å². The predicted octanol–water partition coefficient (Wildman–Crippen LogP) is 3.99. The molecule has 18 heavy (non-hydrogen) atoms. The van der Waals surface area contributed by atoms with Gasteiger partial charge in [0.2, 0.25) is 0 Å². The summed E-state index contributed by atoms with van der Waals surface area (Å²) in [4.78, 5) is 10.4. The van der Waals surface area contributed by atoms with E-state index in [9.17, 15) is 9.90 Å². The van der Waals surface area contributed by atoms with E-state index in [-0.39, 0.29) is 11.5 Å². The lowest BCUT2D eigenvalue weighted by Gasteiger charge is -2.08. The third kappa shape index (κ3) is 5.12. The van der Waals surface area contributed by atoms with E-state index < -0.39 is 6.16 Å². The van der Waals surface area contributed by atoms with Crippen LogP contribution < -0.4 is 4.74 Å². The number of aryl methyl sites for hydroxylation is 1. The Morgan fingerprint density at radius 3 is 2.61 bits per heavy atom. The maximum atomic E-state index is 10.4. The lowest BCUT2D eigenvalue weighted by molar-refractivity contribution is 0.143. The largest absolute Gasteiger partial charge is 0.511 e. The monoisotopic (exact) mass is 364 g/mol. The van der Waals surface area contributed by atoms with E-state index in [4.69, 9.17) is 5.11 Å². The first-order valence-electron chi connectivity index (χ1n) is 5.92. The molecule has 0 aliphatic rings. The summed E-state index contributed by atoms with van der Waals surface area (Å²) in [5.41, 5.74) is 0.739. The van der Waals surface area contributed by atoms with Gasteiger partial charge in [0.1, 0.15) is 0 Å². The molecule has 1 aromatic rings. The fourth-order valence-corrected chi connectivity index (χ4v) is 2.25. The lowest BCUT2D eigenvalue weighted by Crippen LogP contribution is -2.03. The molecule has 0 amide bonds. The van der Waals surface area contributed by atoms with Crippen molar-refractivity contribution in [1.29, 1.82) is 0 Å². The van der Waals surface area contributed by atoms with Gasteiger partial charge in [-0.1, -0.05) is 47.6 Å². The van der Waals surface area contributed by atoms with E-state index in [0.717, 1.165) is 24.8 Å². The molecule has 1 rings (SSSR count). The van der Waals surface area contributed by atoms with Gasteiger partial charge in [-0.2, -0.15) is 0 Å². The van der Waals surface area contributed by atoms with Crippen molar-refractivity contribution in [1.82, 2.24) is 0 Å². The predicted molar refractivity (Wildman–Crippen MR) is 77.8 cm³/mol. The minimum atomic E-state index is -1.41. The first-order chi connectivity index (χ1) is 8.65. The zero-order valence-electron chi connectivity index (χ0n) is 10.1. The molecule has 0 aliphatic carbocycles. The second kappa shape index (κ2) is 8.18. The molecule has 0 heterocycles. The normalized spacial score (nSPS) is 10.3. The first kappa shape index (κ1) is 15.1. The SMILES string of the molecule is O=C(O)Oc1cccc(CCCCCCI)c1O. The summed E-state index contributed by atoms with van der Waals surface area (Å²) < 4.78 is 5.67. The molecule has 0 saturated heterocycles. The quantitative estimate of drug-likeness (QED) is 0.252. The molecule has 0 radical (unpaired) electrons. The third-order valence-electron chi connectivity index (χ3n) is 2.61. The van der Waals surface area contributed by atoms with Crippen LogP contribution in [-0.4, -0.2) is 20.8 Å². The molecule has 0 unspecified atom stereocenters. The summed E-state index contributed by atoms with van der Waals surface area (Å²) in [6, 6.07) is 4.93. The summed E-state index contributed by atoms with van der Waals surface area (Å²) in [6.45, 7) is 0. The van der Waals surface area contributed by atoms with Gasteiger partial charge < -0.3 is 14.9 Å². The van der Waals surface area contributed by atoms with Gasteiger partial charge >= 0.3 is 6.16 Å². The number of rotatable bonds is 7. The second-order valence-electron chi connectivity index (χ2n) is 3.99. The van der Waals surface area contributed by atoms with Gasteiger partial charge in [0.25, 0.3) is 0 Å². The highest BCUT2D eigenvalue weighted by molar-refractivity contribution is 14.1. The summed E-state index contributed by atoms with van der Waals surface area (Å²) in [5, 5.41) is 18.4. The van der Waals surface area contributed by atoms with Crippen molar-refractivity contribution in [3.8, 4) is 11.5 Å². The Kier molecular flexibility index (Phi) is 6.85. The standard InChI is InChI=1S/C13H17IO4/c14-9-4-2-1-3-6-10-7-5-8-11(12(10)15)18-13(16)17/h5,7-8,15H,1-4,6,9H2,(H,16,17). The number of carbonyl (C=O) groups is 1. The van der Waals surface area contributed by atoms with Gasteiger partial charge in [-0.25, -0.2) is 4.79 Å². The average Bonchev–Trinajstić information content (AvgIpc) is 2.33. The molecular weight excluding hydrogens is 347 g/mol. The lowest BCUT2D eigenvalue weighted by atomic mass is 10.1. The molecule has 5 heteroatoms. The van der Waals surface area contributed by atoms with Gasteiger partial charge in [0, 0.05) is 0 Å². The van der Waals surface area contributed by atoms with Gasteiger partial charge in [0.15, 0.2) is 11.5 Å². The maximum Gasteiger partial charge on any atom is 0.511 e. The van der Waals surface area contributed by atoms with Crippen LogP contribution in [0.5, 0.6) is 11.5 Å². The molecule has 2 N–H and O–H groups in total. The van der Waals surface area contributed by atoms with Crippen LogP contribution in [0.15, 0.2) is 18.2 Å².